The van der Waals surface area contributed by atoms with Crippen LogP contribution in [0.4, 0.5) is 0 Å². The second-order valence-electron chi connectivity index (χ2n) is 4.26. The Bertz CT molecular complexity index is 495. The van der Waals surface area contributed by atoms with Gasteiger partial charge in [-0.15, -0.1) is 17.9 Å². The highest BCUT2D eigenvalue weighted by Crippen LogP contribution is 2.31. The van der Waals surface area contributed by atoms with Crippen LogP contribution < -0.4 is 10.1 Å². The van der Waals surface area contributed by atoms with E-state index in [1.807, 2.05) is 6.92 Å². The first-order valence-electron chi connectivity index (χ1n) is 6.40. The predicted octanol–water partition coefficient (Wildman–Crippen LogP) is 2.47. The Morgan fingerprint density at radius 3 is 2.85 bits per heavy atom. The zero-order valence-corrected chi connectivity index (χ0v) is 12.5. The summed E-state index contributed by atoms with van der Waals surface area (Å²) in [4.78, 5) is 24.0. The first-order valence-corrected chi connectivity index (χ1v) is 7.22. The van der Waals surface area contributed by atoms with Gasteiger partial charge in [0.2, 0.25) is 0 Å². The fraction of sp³-hybridized carbons (Fsp3) is 0.429. The van der Waals surface area contributed by atoms with E-state index in [4.69, 9.17) is 9.84 Å². The fourth-order valence-electron chi connectivity index (χ4n) is 1.59. The number of hydrogen-bond donors (Lipinski definition) is 2. The van der Waals surface area contributed by atoms with E-state index in [1.165, 1.54) is 11.3 Å². The monoisotopic (exact) mass is 297 g/mol. The molecule has 1 amide bonds. The quantitative estimate of drug-likeness (QED) is 0.723. The van der Waals surface area contributed by atoms with Crippen LogP contribution >= 0.6 is 11.3 Å². The summed E-state index contributed by atoms with van der Waals surface area (Å²) in [5.74, 6) is -1.08. The number of carboxylic acid groups (broad SMARTS) is 1. The molecule has 0 fully saturated rings. The number of nitrogens with one attached hydrogen (secondary N) is 1. The molecule has 6 heteroatoms. The molecule has 1 unspecified atom stereocenters. The molecule has 20 heavy (non-hydrogen) atoms. The molecule has 1 aromatic rings. The maximum Gasteiger partial charge on any atom is 0.349 e. The topological polar surface area (TPSA) is 75.6 Å². The van der Waals surface area contributed by atoms with E-state index in [0.29, 0.717) is 6.54 Å². The van der Waals surface area contributed by atoms with Crippen molar-refractivity contribution < 1.29 is 19.4 Å². The molecule has 0 saturated carbocycles. The molecular formula is C14H19NO4S. The summed E-state index contributed by atoms with van der Waals surface area (Å²) in [7, 11) is 0. The van der Waals surface area contributed by atoms with Gasteiger partial charge in [0.15, 0.2) is 11.0 Å². The van der Waals surface area contributed by atoms with Crippen molar-refractivity contribution in [2.75, 3.05) is 6.54 Å². The number of carbonyl (C=O) groups is 2. The zero-order valence-electron chi connectivity index (χ0n) is 11.6. The van der Waals surface area contributed by atoms with Crippen LogP contribution in [0.5, 0.6) is 5.75 Å². The van der Waals surface area contributed by atoms with E-state index >= 15 is 0 Å². The van der Waals surface area contributed by atoms with E-state index in [-0.39, 0.29) is 16.5 Å². The molecule has 0 spiro atoms. The number of carboxylic acids is 1. The standard InChI is InChI=1S/C14H19NO4S/c1-4-6-10-8-11(12(20-10)14(17)18)19-9(3)13(16)15-7-5-2/h5,8-9H,2,4,6-7H2,1,3H3,(H,15,16)(H,17,18). The van der Waals surface area contributed by atoms with Crippen LogP contribution in [0.1, 0.15) is 34.8 Å². The Balaban J connectivity index is 2.81. The van der Waals surface area contributed by atoms with E-state index in [0.717, 1.165) is 17.7 Å². The number of aryl methyl sites for hydroxylation is 1. The zero-order chi connectivity index (χ0) is 15.1. The van der Waals surface area contributed by atoms with Gasteiger partial charge in [-0.2, -0.15) is 0 Å². The molecule has 0 radical (unpaired) electrons. The number of ether oxygens (including phenoxy) is 1. The number of carbonyl (C=O) groups excluding carboxylic acids is 1. The third kappa shape index (κ3) is 4.38. The molecule has 0 saturated heterocycles. The molecule has 5 nitrogen and oxygen atoms in total. The largest absolute Gasteiger partial charge is 0.479 e. The van der Waals surface area contributed by atoms with Crippen molar-refractivity contribution in [1.82, 2.24) is 5.32 Å². The molecular weight excluding hydrogens is 278 g/mol. The SMILES string of the molecule is C=CCNC(=O)C(C)Oc1cc(CCC)sc1C(=O)O. The lowest BCUT2D eigenvalue weighted by Gasteiger charge is -2.13. The number of hydrogen-bond acceptors (Lipinski definition) is 4. The van der Waals surface area contributed by atoms with E-state index in [1.54, 1.807) is 19.1 Å². The summed E-state index contributed by atoms with van der Waals surface area (Å²) >= 11 is 1.19. The predicted molar refractivity (Wildman–Crippen MR) is 78.6 cm³/mol. The lowest BCUT2D eigenvalue weighted by atomic mass is 10.3. The van der Waals surface area contributed by atoms with Gasteiger partial charge in [0.1, 0.15) is 5.75 Å². The van der Waals surface area contributed by atoms with Crippen molar-refractivity contribution in [1.29, 1.82) is 0 Å². The number of aromatic carboxylic acids is 1. The van der Waals surface area contributed by atoms with Crippen LogP contribution in [0.2, 0.25) is 0 Å². The molecule has 1 rings (SSSR count). The Morgan fingerprint density at radius 1 is 1.60 bits per heavy atom. The summed E-state index contributed by atoms with van der Waals surface area (Å²) in [5, 5.41) is 11.8. The molecule has 0 aliphatic heterocycles. The smallest absolute Gasteiger partial charge is 0.349 e. The van der Waals surface area contributed by atoms with Crippen molar-refractivity contribution in [3.05, 3.63) is 28.5 Å². The number of amides is 1. The van der Waals surface area contributed by atoms with Crippen molar-refractivity contribution in [3.8, 4) is 5.75 Å². The first-order chi connectivity index (χ1) is 9.49. The molecule has 1 aromatic heterocycles. The van der Waals surface area contributed by atoms with Gasteiger partial charge in [0.25, 0.3) is 5.91 Å². The molecule has 1 atom stereocenters. The number of thiophene rings is 1. The maximum atomic E-state index is 11.7. The van der Waals surface area contributed by atoms with Crippen LogP contribution in [0, 0.1) is 0 Å². The van der Waals surface area contributed by atoms with Crippen LogP contribution in [-0.4, -0.2) is 29.6 Å². The highest BCUT2D eigenvalue weighted by Gasteiger charge is 2.21. The summed E-state index contributed by atoms with van der Waals surface area (Å²) in [6, 6.07) is 1.70. The summed E-state index contributed by atoms with van der Waals surface area (Å²) in [6.07, 6.45) is 2.54. The normalized spacial score (nSPS) is 11.7. The lowest BCUT2D eigenvalue weighted by Crippen LogP contribution is -2.36. The van der Waals surface area contributed by atoms with Crippen LogP contribution in [0.3, 0.4) is 0 Å². The van der Waals surface area contributed by atoms with Gasteiger partial charge >= 0.3 is 5.97 Å². The maximum absolute atomic E-state index is 11.7. The van der Waals surface area contributed by atoms with Crippen molar-refractivity contribution >= 4 is 23.2 Å². The van der Waals surface area contributed by atoms with E-state index in [2.05, 4.69) is 11.9 Å². The van der Waals surface area contributed by atoms with Crippen LogP contribution in [0.25, 0.3) is 0 Å². The Morgan fingerprint density at radius 2 is 2.30 bits per heavy atom. The molecule has 2 N–H and O–H groups in total. The lowest BCUT2D eigenvalue weighted by molar-refractivity contribution is -0.127. The van der Waals surface area contributed by atoms with Crippen LogP contribution in [0.15, 0.2) is 18.7 Å². The minimum absolute atomic E-state index is 0.136. The third-order valence-corrected chi connectivity index (χ3v) is 3.70. The van der Waals surface area contributed by atoms with Crippen molar-refractivity contribution in [2.45, 2.75) is 32.8 Å². The first kappa shape index (κ1) is 16.2. The summed E-state index contributed by atoms with van der Waals surface area (Å²) in [5.41, 5.74) is 0. The van der Waals surface area contributed by atoms with Gasteiger partial charge in [-0.3, -0.25) is 4.79 Å². The van der Waals surface area contributed by atoms with E-state index in [9.17, 15) is 9.59 Å². The molecule has 110 valence electrons. The van der Waals surface area contributed by atoms with Gasteiger partial charge in [0.05, 0.1) is 0 Å². The third-order valence-electron chi connectivity index (χ3n) is 2.53. The summed E-state index contributed by atoms with van der Waals surface area (Å²) in [6.45, 7) is 7.46. The minimum Gasteiger partial charge on any atom is -0.479 e. The molecule has 1 heterocycles. The van der Waals surface area contributed by atoms with Gasteiger partial charge < -0.3 is 15.2 Å². The van der Waals surface area contributed by atoms with Gasteiger partial charge in [-0.1, -0.05) is 19.4 Å². The second kappa shape index (κ2) is 7.69. The van der Waals surface area contributed by atoms with Crippen molar-refractivity contribution in [3.63, 3.8) is 0 Å². The summed E-state index contributed by atoms with van der Waals surface area (Å²) < 4.78 is 5.48. The van der Waals surface area contributed by atoms with Gasteiger partial charge in [-0.05, 0) is 19.4 Å². The van der Waals surface area contributed by atoms with Gasteiger partial charge in [0, 0.05) is 11.4 Å². The minimum atomic E-state index is -1.04. The average molecular weight is 297 g/mol. The fourth-order valence-corrected chi connectivity index (χ4v) is 2.62. The van der Waals surface area contributed by atoms with Crippen molar-refractivity contribution in [2.24, 2.45) is 0 Å². The highest BCUT2D eigenvalue weighted by molar-refractivity contribution is 7.14. The molecule has 0 aliphatic rings. The Hall–Kier alpha value is -1.82. The number of rotatable bonds is 8. The molecule has 0 aromatic carbocycles. The van der Waals surface area contributed by atoms with Gasteiger partial charge in [-0.25, -0.2) is 4.79 Å². The van der Waals surface area contributed by atoms with Crippen LogP contribution in [-0.2, 0) is 11.2 Å². The Kier molecular flexibility index (Phi) is 6.24. The second-order valence-corrected chi connectivity index (χ2v) is 5.39. The van der Waals surface area contributed by atoms with E-state index < -0.39 is 12.1 Å². The molecule has 0 bridgehead atoms. The highest BCUT2D eigenvalue weighted by atomic mass is 32.1. The molecule has 0 aliphatic carbocycles. The average Bonchev–Trinajstić information content (AvgIpc) is 2.79. The Labute approximate surface area is 122 Å².